The van der Waals surface area contributed by atoms with E-state index in [0.29, 0.717) is 0 Å². The first kappa shape index (κ1) is 10.3. The molecule has 1 aromatic carbocycles. The van der Waals surface area contributed by atoms with Crippen molar-refractivity contribution in [1.82, 2.24) is 0 Å². The zero-order valence-electron chi connectivity index (χ0n) is 9.86. The highest BCUT2D eigenvalue weighted by molar-refractivity contribution is 5.34. The topological polar surface area (TPSA) is 26.0 Å². The van der Waals surface area contributed by atoms with Gasteiger partial charge >= 0.3 is 0 Å². The predicted molar refractivity (Wildman–Crippen MR) is 67.3 cm³/mol. The fraction of sp³-hybridized carbons (Fsp3) is 0.600. The summed E-state index contributed by atoms with van der Waals surface area (Å²) in [6, 6.07) is 9.14. The van der Waals surface area contributed by atoms with Gasteiger partial charge in [-0.2, -0.15) is 0 Å². The maximum Gasteiger partial charge on any atom is 0.0300 e. The fourth-order valence-corrected chi connectivity index (χ4v) is 2.78. The molecule has 2 aliphatic rings. The van der Waals surface area contributed by atoms with Crippen LogP contribution < -0.4 is 5.73 Å². The Morgan fingerprint density at radius 2 is 1.88 bits per heavy atom. The maximum atomic E-state index is 6.35. The molecule has 1 atom stereocenters. The summed E-state index contributed by atoms with van der Waals surface area (Å²) in [5, 5.41) is 0. The smallest absolute Gasteiger partial charge is 0.0300 e. The summed E-state index contributed by atoms with van der Waals surface area (Å²) in [6.45, 7) is 0. The monoisotopic (exact) mass is 215 g/mol. The van der Waals surface area contributed by atoms with Crippen molar-refractivity contribution in [1.29, 1.82) is 0 Å². The van der Waals surface area contributed by atoms with Crippen molar-refractivity contribution in [2.75, 3.05) is 0 Å². The lowest BCUT2D eigenvalue weighted by Crippen LogP contribution is -2.17. The molecule has 2 N–H and O–H groups in total. The van der Waals surface area contributed by atoms with Crippen LogP contribution in [0, 0.1) is 5.92 Å². The molecule has 0 amide bonds. The molecule has 0 saturated heterocycles. The molecule has 2 aliphatic carbocycles. The first-order valence-corrected chi connectivity index (χ1v) is 6.69. The van der Waals surface area contributed by atoms with Gasteiger partial charge < -0.3 is 5.73 Å². The molecule has 2 fully saturated rings. The molecule has 16 heavy (non-hydrogen) atoms. The van der Waals surface area contributed by atoms with Crippen molar-refractivity contribution in [3.8, 4) is 0 Å². The summed E-state index contributed by atoms with van der Waals surface area (Å²) in [5.74, 6) is 1.73. The molecule has 0 radical (unpaired) electrons. The zero-order valence-corrected chi connectivity index (χ0v) is 9.86. The third kappa shape index (κ3) is 2.01. The van der Waals surface area contributed by atoms with Crippen LogP contribution >= 0.6 is 0 Å². The molecule has 2 saturated carbocycles. The third-order valence-electron chi connectivity index (χ3n) is 4.22. The van der Waals surface area contributed by atoms with Crippen LogP contribution in [0.2, 0.25) is 0 Å². The fourth-order valence-electron chi connectivity index (χ4n) is 2.78. The van der Waals surface area contributed by atoms with Crippen molar-refractivity contribution in [2.45, 2.75) is 50.5 Å². The van der Waals surface area contributed by atoms with Gasteiger partial charge in [-0.1, -0.05) is 43.5 Å². The molecule has 1 unspecified atom stereocenters. The zero-order chi connectivity index (χ0) is 11.0. The summed E-state index contributed by atoms with van der Waals surface area (Å²) in [7, 11) is 0. The Labute approximate surface area is 98.0 Å². The molecule has 0 heterocycles. The largest absolute Gasteiger partial charge is 0.324 e. The Hall–Kier alpha value is -0.820. The Balaban J connectivity index is 1.80. The molecule has 1 aromatic rings. The van der Waals surface area contributed by atoms with Gasteiger partial charge in [0.05, 0.1) is 0 Å². The Kier molecular flexibility index (Phi) is 2.72. The number of rotatable bonds is 4. The number of hydrogen-bond donors (Lipinski definition) is 1. The molecular formula is C15H21N. The van der Waals surface area contributed by atoms with E-state index in [1.54, 1.807) is 5.56 Å². The van der Waals surface area contributed by atoms with E-state index in [-0.39, 0.29) is 6.04 Å². The minimum Gasteiger partial charge on any atom is -0.324 e. The first-order chi connectivity index (χ1) is 7.84. The minimum atomic E-state index is 0.282. The van der Waals surface area contributed by atoms with Crippen LogP contribution in [-0.2, 0) is 0 Å². The van der Waals surface area contributed by atoms with Crippen molar-refractivity contribution in [3.63, 3.8) is 0 Å². The van der Waals surface area contributed by atoms with E-state index >= 15 is 0 Å². The van der Waals surface area contributed by atoms with E-state index in [9.17, 15) is 0 Å². The van der Waals surface area contributed by atoms with Crippen molar-refractivity contribution >= 4 is 0 Å². The highest BCUT2D eigenvalue weighted by atomic mass is 14.6. The van der Waals surface area contributed by atoms with Gasteiger partial charge in [-0.05, 0) is 42.2 Å². The molecule has 86 valence electrons. The summed E-state index contributed by atoms with van der Waals surface area (Å²) in [4.78, 5) is 0. The average molecular weight is 215 g/mol. The van der Waals surface area contributed by atoms with Gasteiger partial charge in [-0.3, -0.25) is 0 Å². The van der Waals surface area contributed by atoms with Crippen molar-refractivity contribution < 1.29 is 0 Å². The molecular weight excluding hydrogens is 194 g/mol. The highest BCUT2D eigenvalue weighted by Crippen LogP contribution is 2.42. The SMILES string of the molecule is NC(CC1CC1)c1ccccc1C1CCC1. The van der Waals surface area contributed by atoms with Crippen molar-refractivity contribution in [2.24, 2.45) is 11.7 Å². The van der Waals surface area contributed by atoms with Gasteiger partial charge in [-0.15, -0.1) is 0 Å². The van der Waals surface area contributed by atoms with E-state index in [0.717, 1.165) is 11.8 Å². The number of hydrogen-bond acceptors (Lipinski definition) is 1. The lowest BCUT2D eigenvalue weighted by Gasteiger charge is -2.29. The van der Waals surface area contributed by atoms with Crippen molar-refractivity contribution in [3.05, 3.63) is 35.4 Å². The van der Waals surface area contributed by atoms with E-state index in [1.165, 1.54) is 44.1 Å². The van der Waals surface area contributed by atoms with Gasteiger partial charge in [0.1, 0.15) is 0 Å². The second kappa shape index (κ2) is 4.21. The minimum absolute atomic E-state index is 0.282. The quantitative estimate of drug-likeness (QED) is 0.813. The standard InChI is InChI=1S/C15H21N/c16-15(10-11-8-9-11)14-7-2-1-6-13(14)12-4-3-5-12/h1-2,6-7,11-12,15H,3-5,8-10,16H2. The number of nitrogens with two attached hydrogens (primary N) is 1. The molecule has 1 heteroatoms. The van der Waals surface area contributed by atoms with Gasteiger partial charge in [0.15, 0.2) is 0 Å². The van der Waals surface area contributed by atoms with Gasteiger partial charge in [0, 0.05) is 6.04 Å². The lowest BCUT2D eigenvalue weighted by atomic mass is 9.77. The summed E-state index contributed by atoms with van der Waals surface area (Å²) in [6.07, 6.45) is 8.14. The predicted octanol–water partition coefficient (Wildman–Crippen LogP) is 3.75. The summed E-state index contributed by atoms with van der Waals surface area (Å²) in [5.41, 5.74) is 9.33. The van der Waals surface area contributed by atoms with Crippen LogP contribution in [-0.4, -0.2) is 0 Å². The third-order valence-corrected chi connectivity index (χ3v) is 4.22. The van der Waals surface area contributed by atoms with Gasteiger partial charge in [0.25, 0.3) is 0 Å². The first-order valence-electron chi connectivity index (χ1n) is 6.69. The Morgan fingerprint density at radius 1 is 1.12 bits per heavy atom. The van der Waals surface area contributed by atoms with Gasteiger partial charge in [-0.25, -0.2) is 0 Å². The maximum absolute atomic E-state index is 6.35. The molecule has 3 rings (SSSR count). The van der Waals surface area contributed by atoms with Crippen LogP contribution in [0.1, 0.15) is 61.6 Å². The normalized spacial score (nSPS) is 22.8. The molecule has 0 aromatic heterocycles. The van der Waals surface area contributed by atoms with Crippen LogP contribution in [0.3, 0.4) is 0 Å². The second-order valence-corrected chi connectivity index (χ2v) is 5.54. The van der Waals surface area contributed by atoms with Crippen LogP contribution in [0.15, 0.2) is 24.3 Å². The van der Waals surface area contributed by atoms with E-state index in [2.05, 4.69) is 24.3 Å². The molecule has 0 spiro atoms. The number of benzene rings is 1. The second-order valence-electron chi connectivity index (χ2n) is 5.54. The van der Waals surface area contributed by atoms with E-state index in [1.807, 2.05) is 0 Å². The highest BCUT2D eigenvalue weighted by Gasteiger charge is 2.28. The summed E-state index contributed by atoms with van der Waals surface area (Å²) >= 11 is 0. The van der Waals surface area contributed by atoms with E-state index < -0.39 is 0 Å². The van der Waals surface area contributed by atoms with Crippen LogP contribution in [0.5, 0.6) is 0 Å². The Morgan fingerprint density at radius 3 is 2.50 bits per heavy atom. The molecule has 0 bridgehead atoms. The Bertz CT molecular complexity index is 363. The van der Waals surface area contributed by atoms with Crippen LogP contribution in [0.25, 0.3) is 0 Å². The molecule has 1 nitrogen and oxygen atoms in total. The lowest BCUT2D eigenvalue weighted by molar-refractivity contribution is 0.413. The van der Waals surface area contributed by atoms with Gasteiger partial charge in [0.2, 0.25) is 0 Å². The van der Waals surface area contributed by atoms with Crippen LogP contribution in [0.4, 0.5) is 0 Å². The molecule has 0 aliphatic heterocycles. The average Bonchev–Trinajstić information content (AvgIpc) is 3.00. The summed E-state index contributed by atoms with van der Waals surface area (Å²) < 4.78 is 0. The van der Waals surface area contributed by atoms with E-state index in [4.69, 9.17) is 5.73 Å².